The summed E-state index contributed by atoms with van der Waals surface area (Å²) in [7, 11) is 0. The van der Waals surface area contributed by atoms with Crippen LogP contribution in [-0.4, -0.2) is 98.2 Å². The largest absolute Gasteiger partial charge is 0.455 e. The molecule has 0 radical (unpaired) electrons. The Hall–Kier alpha value is -2.67. The van der Waals surface area contributed by atoms with Crippen LogP contribution in [0.1, 0.15) is 50.9 Å². The Labute approximate surface area is 231 Å². The number of carbonyl (C=O) groups is 3. The zero-order valence-electron chi connectivity index (χ0n) is 22.9. The van der Waals surface area contributed by atoms with Crippen molar-refractivity contribution in [2.24, 2.45) is 16.7 Å². The fourth-order valence-electron chi connectivity index (χ4n) is 7.75. The minimum absolute atomic E-state index is 0.00602. The molecule has 9 atom stereocenters. The lowest BCUT2D eigenvalue weighted by Crippen LogP contribution is -2.82. The highest BCUT2D eigenvalue weighted by molar-refractivity contribution is 5.94. The Balaban J connectivity index is 1.84. The lowest BCUT2D eigenvalue weighted by atomic mass is 9.44. The molecular weight excluding hydrogens is 524 g/mol. The molecule has 1 aromatic rings. The zero-order chi connectivity index (χ0) is 29.4. The first-order valence-corrected chi connectivity index (χ1v) is 13.4. The number of carbonyl (C=O) groups excluding carboxylic acids is 3. The van der Waals surface area contributed by atoms with Crippen molar-refractivity contribution in [1.29, 1.82) is 0 Å². The van der Waals surface area contributed by atoms with Crippen LogP contribution < -0.4 is 0 Å². The molecule has 5 rings (SSSR count). The molecule has 1 heterocycles. The van der Waals surface area contributed by atoms with Crippen molar-refractivity contribution < 1.29 is 54.1 Å². The fraction of sp³-hybridized carbons (Fsp3) is 0.621. The normalized spacial score (nSPS) is 42.0. The van der Waals surface area contributed by atoms with Crippen LogP contribution in [0.25, 0.3) is 0 Å². The SMILES string of the molecule is CC(=O)O[C@@]12CO[C@@H]1C[C@@H](O)[C@@]1(CO)C(=O)[C@H](O)C3=C(C)[C@@H](O)C[C@@](O)([C@@H](OC(=O)c4ccccc4)C12)C3(C)C. The first-order valence-electron chi connectivity index (χ1n) is 13.4. The molecule has 1 aliphatic heterocycles. The number of benzene rings is 1. The second-order valence-corrected chi connectivity index (χ2v) is 12.1. The van der Waals surface area contributed by atoms with Gasteiger partial charge in [-0.05, 0) is 30.2 Å². The Morgan fingerprint density at radius 2 is 1.77 bits per heavy atom. The standard InChI is InChI=1S/C29H36O11/c1-14-17(32)11-29(37)24(39-25(36)16-8-6-5-7-9-16)22-27(12-30,23(35)21(34)20(14)26(29,3)4)18(33)10-19-28(22,13-38-19)40-15(2)31/h5-9,17-19,21-22,24,30,32-34,37H,10-13H2,1-4H3/t17-,18+,19+,21+,22?,24-,27+,28-,29+/m0/s1. The predicted molar refractivity (Wildman–Crippen MR) is 137 cm³/mol. The van der Waals surface area contributed by atoms with Crippen molar-refractivity contribution in [1.82, 2.24) is 0 Å². The lowest BCUT2D eigenvalue weighted by Gasteiger charge is -2.67. The molecule has 0 amide bonds. The molecule has 3 fully saturated rings. The van der Waals surface area contributed by atoms with E-state index in [0.29, 0.717) is 0 Å². The van der Waals surface area contributed by atoms with Crippen molar-refractivity contribution in [3.63, 3.8) is 0 Å². The third kappa shape index (κ3) is 3.61. The predicted octanol–water partition coefficient (Wildman–Crippen LogP) is 0.0542. The van der Waals surface area contributed by atoms with E-state index in [0.717, 1.165) is 6.92 Å². The molecule has 40 heavy (non-hydrogen) atoms. The number of esters is 2. The van der Waals surface area contributed by atoms with Gasteiger partial charge in [-0.25, -0.2) is 4.79 Å². The van der Waals surface area contributed by atoms with Gasteiger partial charge in [-0.1, -0.05) is 32.0 Å². The number of hydrogen-bond acceptors (Lipinski definition) is 11. The number of aliphatic hydroxyl groups is 5. The van der Waals surface area contributed by atoms with E-state index in [9.17, 15) is 39.9 Å². The maximum absolute atomic E-state index is 14.4. The van der Waals surface area contributed by atoms with E-state index in [1.165, 1.54) is 19.1 Å². The van der Waals surface area contributed by atoms with Gasteiger partial charge in [0.05, 0.1) is 42.3 Å². The Kier molecular flexibility index (Phi) is 6.80. The summed E-state index contributed by atoms with van der Waals surface area (Å²) in [6, 6.07) is 7.90. The summed E-state index contributed by atoms with van der Waals surface area (Å²) in [6.45, 7) is 4.51. The number of ketones is 1. The number of Topliss-reactive ketones (excluding diaryl/α,β-unsaturated/α-hetero) is 1. The van der Waals surface area contributed by atoms with Gasteiger partial charge in [0.15, 0.2) is 11.4 Å². The molecule has 0 aromatic heterocycles. The van der Waals surface area contributed by atoms with Gasteiger partial charge in [0, 0.05) is 25.2 Å². The molecule has 218 valence electrons. The Morgan fingerprint density at radius 1 is 1.12 bits per heavy atom. The average molecular weight is 561 g/mol. The molecule has 3 aliphatic carbocycles. The zero-order valence-corrected chi connectivity index (χ0v) is 22.9. The van der Waals surface area contributed by atoms with Crippen LogP contribution in [-0.2, 0) is 23.8 Å². The minimum atomic E-state index is -2.24. The summed E-state index contributed by atoms with van der Waals surface area (Å²) < 4.78 is 17.6. The molecule has 4 aliphatic rings. The number of rotatable bonds is 4. The van der Waals surface area contributed by atoms with E-state index >= 15 is 0 Å². The molecule has 11 nitrogen and oxygen atoms in total. The summed E-state index contributed by atoms with van der Waals surface area (Å²) in [5.74, 6) is -4.20. The van der Waals surface area contributed by atoms with E-state index in [-0.39, 0.29) is 36.2 Å². The average Bonchev–Trinajstić information content (AvgIpc) is 2.89. The van der Waals surface area contributed by atoms with Gasteiger partial charge in [0.25, 0.3) is 0 Å². The quantitative estimate of drug-likeness (QED) is 0.248. The number of aliphatic hydroxyl groups excluding tert-OH is 4. The molecular formula is C29H36O11. The third-order valence-corrected chi connectivity index (χ3v) is 9.95. The van der Waals surface area contributed by atoms with Gasteiger partial charge in [0.2, 0.25) is 0 Å². The van der Waals surface area contributed by atoms with Crippen LogP contribution in [0.3, 0.4) is 0 Å². The van der Waals surface area contributed by atoms with Crippen LogP contribution in [0.5, 0.6) is 0 Å². The molecule has 2 bridgehead atoms. The van der Waals surface area contributed by atoms with Gasteiger partial charge in [-0.15, -0.1) is 0 Å². The van der Waals surface area contributed by atoms with E-state index in [2.05, 4.69) is 0 Å². The van der Waals surface area contributed by atoms with E-state index in [1.807, 2.05) is 0 Å². The molecule has 2 saturated carbocycles. The maximum Gasteiger partial charge on any atom is 0.338 e. The molecule has 5 N–H and O–H groups in total. The first-order chi connectivity index (χ1) is 18.7. The Morgan fingerprint density at radius 3 is 2.33 bits per heavy atom. The monoisotopic (exact) mass is 560 g/mol. The summed E-state index contributed by atoms with van der Waals surface area (Å²) >= 11 is 0. The summed E-state index contributed by atoms with van der Waals surface area (Å²) in [5.41, 5.74) is -7.23. The second-order valence-electron chi connectivity index (χ2n) is 12.1. The van der Waals surface area contributed by atoms with Crippen LogP contribution in [0, 0.1) is 16.7 Å². The van der Waals surface area contributed by atoms with Crippen molar-refractivity contribution in [3.8, 4) is 0 Å². The van der Waals surface area contributed by atoms with E-state index < -0.39 is 82.8 Å². The molecule has 1 unspecified atom stereocenters. The first kappa shape index (κ1) is 28.8. The van der Waals surface area contributed by atoms with Gasteiger partial charge in [0.1, 0.15) is 23.9 Å². The summed E-state index contributed by atoms with van der Waals surface area (Å²) in [6.07, 6.45) is -8.20. The highest BCUT2D eigenvalue weighted by atomic mass is 16.6. The molecule has 11 heteroatoms. The second kappa shape index (κ2) is 9.43. The van der Waals surface area contributed by atoms with Gasteiger partial charge < -0.3 is 39.7 Å². The van der Waals surface area contributed by atoms with Crippen molar-refractivity contribution in [2.45, 2.75) is 82.3 Å². The lowest BCUT2D eigenvalue weighted by molar-refractivity contribution is -0.350. The Bertz CT molecular complexity index is 1260. The van der Waals surface area contributed by atoms with Crippen molar-refractivity contribution >= 4 is 17.7 Å². The highest BCUT2D eigenvalue weighted by Gasteiger charge is 2.79. The fourth-order valence-corrected chi connectivity index (χ4v) is 7.75. The maximum atomic E-state index is 14.4. The number of hydrogen-bond donors (Lipinski definition) is 5. The third-order valence-electron chi connectivity index (χ3n) is 9.95. The van der Waals surface area contributed by atoms with Crippen LogP contribution in [0.4, 0.5) is 0 Å². The van der Waals surface area contributed by atoms with Gasteiger partial charge in [-0.3, -0.25) is 9.59 Å². The van der Waals surface area contributed by atoms with E-state index in [1.54, 1.807) is 32.0 Å². The van der Waals surface area contributed by atoms with Gasteiger partial charge in [-0.2, -0.15) is 0 Å². The molecule has 0 spiro atoms. The smallest absolute Gasteiger partial charge is 0.338 e. The topological polar surface area (TPSA) is 180 Å². The van der Waals surface area contributed by atoms with Crippen LogP contribution >= 0.6 is 0 Å². The van der Waals surface area contributed by atoms with Gasteiger partial charge >= 0.3 is 11.9 Å². The molecule has 1 saturated heterocycles. The summed E-state index contributed by atoms with van der Waals surface area (Å²) in [5, 5.41) is 57.7. The minimum Gasteiger partial charge on any atom is -0.455 e. The van der Waals surface area contributed by atoms with E-state index in [4.69, 9.17) is 14.2 Å². The number of ether oxygens (including phenoxy) is 3. The van der Waals surface area contributed by atoms with Crippen LogP contribution in [0.15, 0.2) is 41.5 Å². The number of fused-ring (bicyclic) bond motifs is 5. The molecule has 1 aromatic carbocycles. The van der Waals surface area contributed by atoms with Crippen molar-refractivity contribution in [2.75, 3.05) is 13.2 Å². The highest BCUT2D eigenvalue weighted by Crippen LogP contribution is 2.63. The van der Waals surface area contributed by atoms with Crippen molar-refractivity contribution in [3.05, 3.63) is 47.0 Å². The van der Waals surface area contributed by atoms with Crippen LogP contribution in [0.2, 0.25) is 0 Å². The summed E-state index contributed by atoms with van der Waals surface area (Å²) in [4.78, 5) is 40.4.